The first-order valence-corrected chi connectivity index (χ1v) is 4.03. The van der Waals surface area contributed by atoms with Crippen molar-refractivity contribution < 1.29 is 0 Å². The van der Waals surface area contributed by atoms with Gasteiger partial charge in [0.05, 0.1) is 11.4 Å². The molecule has 0 saturated carbocycles. The third kappa shape index (κ3) is 2.36. The number of nitrogens with two attached hydrogens (primary N) is 1. The van der Waals surface area contributed by atoms with Gasteiger partial charge in [0.25, 0.3) is 0 Å². The van der Waals surface area contributed by atoms with Crippen LogP contribution < -0.4 is 16.4 Å². The summed E-state index contributed by atoms with van der Waals surface area (Å²) in [5.74, 6) is 0. The third-order valence-corrected chi connectivity index (χ3v) is 1.94. The van der Waals surface area contributed by atoms with Crippen LogP contribution >= 0.6 is 24.8 Å². The Kier molecular flexibility index (Phi) is 3.91. The Balaban J connectivity index is 0.000000845. The van der Waals surface area contributed by atoms with Gasteiger partial charge < -0.3 is 16.4 Å². The molecule has 0 aromatic heterocycles. The lowest BCUT2D eigenvalue weighted by atomic mass is 10.2. The Morgan fingerprint density at radius 1 is 1.07 bits per heavy atom. The molecule has 80 valence electrons. The van der Waals surface area contributed by atoms with E-state index in [1.54, 1.807) is 0 Å². The van der Waals surface area contributed by atoms with E-state index >= 15 is 0 Å². The van der Waals surface area contributed by atoms with Crippen LogP contribution in [0.5, 0.6) is 0 Å². The van der Waals surface area contributed by atoms with Crippen molar-refractivity contribution in [2.24, 2.45) is 0 Å². The number of halogens is 2. The van der Waals surface area contributed by atoms with Gasteiger partial charge in [-0.1, -0.05) is 0 Å². The molecule has 0 radical (unpaired) electrons. The molecule has 0 unspecified atom stereocenters. The molecule has 1 aliphatic heterocycles. The molecule has 0 saturated heterocycles. The van der Waals surface area contributed by atoms with Gasteiger partial charge >= 0.3 is 0 Å². The topological polar surface area (TPSA) is 50.1 Å². The summed E-state index contributed by atoms with van der Waals surface area (Å²) >= 11 is 0. The van der Waals surface area contributed by atoms with Gasteiger partial charge in [-0.2, -0.15) is 0 Å². The second kappa shape index (κ2) is 4.15. The van der Waals surface area contributed by atoms with Crippen molar-refractivity contribution >= 4 is 41.9 Å². The van der Waals surface area contributed by atoms with Gasteiger partial charge in [0.15, 0.2) is 0 Å². The van der Waals surface area contributed by atoms with Crippen LogP contribution in [0.15, 0.2) is 18.2 Å². The lowest BCUT2D eigenvalue weighted by Crippen LogP contribution is -2.33. The largest absolute Gasteiger partial charge is 0.399 e. The van der Waals surface area contributed by atoms with Crippen molar-refractivity contribution in [1.82, 2.24) is 0 Å². The zero-order valence-electron chi connectivity index (χ0n) is 8.13. The number of nitrogen functional groups attached to an aromatic ring is 1. The van der Waals surface area contributed by atoms with Crippen LogP contribution in [0.1, 0.15) is 13.8 Å². The number of anilines is 3. The highest BCUT2D eigenvalue weighted by molar-refractivity contribution is 5.85. The molecule has 0 aliphatic carbocycles. The molecule has 4 N–H and O–H groups in total. The predicted octanol–water partition coefficient (Wildman–Crippen LogP) is 2.69. The van der Waals surface area contributed by atoms with Crippen molar-refractivity contribution in [3.63, 3.8) is 0 Å². The summed E-state index contributed by atoms with van der Waals surface area (Å²) in [6.07, 6.45) is 0. The Bertz CT molecular complexity index is 326. The van der Waals surface area contributed by atoms with Crippen LogP contribution in [-0.2, 0) is 0 Å². The smallest absolute Gasteiger partial charge is 0.102 e. The van der Waals surface area contributed by atoms with Crippen LogP contribution in [0.25, 0.3) is 0 Å². The minimum Gasteiger partial charge on any atom is -0.399 e. The lowest BCUT2D eigenvalue weighted by Gasteiger charge is -2.19. The Labute approximate surface area is 96.3 Å². The molecule has 0 atom stereocenters. The second-order valence-corrected chi connectivity index (χ2v) is 3.68. The highest BCUT2D eigenvalue weighted by Gasteiger charge is 2.25. The van der Waals surface area contributed by atoms with E-state index in [9.17, 15) is 0 Å². The summed E-state index contributed by atoms with van der Waals surface area (Å²) in [6, 6.07) is 5.83. The normalized spacial score (nSPS) is 15.3. The maximum Gasteiger partial charge on any atom is 0.102 e. The van der Waals surface area contributed by atoms with Gasteiger partial charge in [-0.05, 0) is 32.0 Å². The fourth-order valence-electron chi connectivity index (χ4n) is 1.48. The van der Waals surface area contributed by atoms with E-state index in [4.69, 9.17) is 5.73 Å². The van der Waals surface area contributed by atoms with E-state index in [-0.39, 0.29) is 30.5 Å². The maximum absolute atomic E-state index is 5.65. The van der Waals surface area contributed by atoms with Gasteiger partial charge in [0.1, 0.15) is 5.66 Å². The minimum absolute atomic E-state index is 0. The van der Waals surface area contributed by atoms with Gasteiger partial charge in [-0.3, -0.25) is 0 Å². The van der Waals surface area contributed by atoms with Crippen LogP contribution in [-0.4, -0.2) is 5.66 Å². The van der Waals surface area contributed by atoms with E-state index < -0.39 is 0 Å². The monoisotopic (exact) mass is 235 g/mol. The zero-order valence-corrected chi connectivity index (χ0v) is 9.76. The number of nitrogens with one attached hydrogen (secondary N) is 2. The van der Waals surface area contributed by atoms with E-state index in [1.807, 2.05) is 18.2 Å². The molecule has 1 aromatic carbocycles. The van der Waals surface area contributed by atoms with Gasteiger partial charge in [-0.15, -0.1) is 24.8 Å². The number of hydrogen-bond donors (Lipinski definition) is 3. The first kappa shape index (κ1) is 13.2. The molecular weight excluding hydrogens is 221 g/mol. The van der Waals surface area contributed by atoms with Crippen molar-refractivity contribution in [1.29, 1.82) is 0 Å². The molecule has 14 heavy (non-hydrogen) atoms. The molecule has 0 fully saturated rings. The Hall–Kier alpha value is -0.800. The summed E-state index contributed by atoms with van der Waals surface area (Å²) < 4.78 is 0. The SMILES string of the molecule is CC1(C)Nc2ccc(N)cc2N1.Cl.Cl. The summed E-state index contributed by atoms with van der Waals surface area (Å²) in [5.41, 5.74) is 8.59. The minimum atomic E-state index is -0.0594. The predicted molar refractivity (Wildman–Crippen MR) is 66.7 cm³/mol. The molecular formula is C9H15Cl2N3. The number of benzene rings is 1. The average Bonchev–Trinajstić information content (AvgIpc) is 2.21. The fraction of sp³-hybridized carbons (Fsp3) is 0.333. The summed E-state index contributed by atoms with van der Waals surface area (Å²) in [6.45, 7) is 4.17. The number of fused-ring (bicyclic) bond motifs is 1. The molecule has 1 aromatic rings. The van der Waals surface area contributed by atoms with Crippen molar-refractivity contribution in [3.05, 3.63) is 18.2 Å². The van der Waals surface area contributed by atoms with Gasteiger partial charge in [-0.25, -0.2) is 0 Å². The highest BCUT2D eigenvalue weighted by atomic mass is 35.5. The Morgan fingerprint density at radius 2 is 1.64 bits per heavy atom. The highest BCUT2D eigenvalue weighted by Crippen LogP contribution is 2.34. The maximum atomic E-state index is 5.65. The van der Waals surface area contributed by atoms with Gasteiger partial charge in [0.2, 0.25) is 0 Å². The number of hydrogen-bond acceptors (Lipinski definition) is 3. The van der Waals surface area contributed by atoms with Crippen LogP contribution in [0.3, 0.4) is 0 Å². The third-order valence-electron chi connectivity index (χ3n) is 1.94. The second-order valence-electron chi connectivity index (χ2n) is 3.68. The summed E-state index contributed by atoms with van der Waals surface area (Å²) in [5, 5.41) is 6.66. The van der Waals surface area contributed by atoms with E-state index in [0.717, 1.165) is 17.1 Å². The van der Waals surface area contributed by atoms with Crippen molar-refractivity contribution in [3.8, 4) is 0 Å². The van der Waals surface area contributed by atoms with E-state index in [2.05, 4.69) is 24.5 Å². The number of rotatable bonds is 0. The molecule has 2 rings (SSSR count). The first-order valence-electron chi connectivity index (χ1n) is 4.03. The molecule has 3 nitrogen and oxygen atoms in total. The summed E-state index contributed by atoms with van der Waals surface area (Å²) in [4.78, 5) is 0. The fourth-order valence-corrected chi connectivity index (χ4v) is 1.48. The van der Waals surface area contributed by atoms with Crippen LogP contribution in [0, 0.1) is 0 Å². The zero-order chi connectivity index (χ0) is 8.77. The average molecular weight is 236 g/mol. The van der Waals surface area contributed by atoms with Crippen LogP contribution in [0.4, 0.5) is 17.1 Å². The molecule has 0 amide bonds. The van der Waals surface area contributed by atoms with Crippen molar-refractivity contribution in [2.75, 3.05) is 16.4 Å². The van der Waals surface area contributed by atoms with Gasteiger partial charge in [0, 0.05) is 5.69 Å². The molecule has 1 heterocycles. The van der Waals surface area contributed by atoms with Crippen LogP contribution in [0.2, 0.25) is 0 Å². The summed E-state index contributed by atoms with van der Waals surface area (Å²) in [7, 11) is 0. The Morgan fingerprint density at radius 3 is 2.29 bits per heavy atom. The van der Waals surface area contributed by atoms with E-state index in [0.29, 0.717) is 0 Å². The molecule has 0 bridgehead atoms. The standard InChI is InChI=1S/C9H13N3.2ClH/c1-9(2)11-7-4-3-6(10)5-8(7)12-9;;/h3-5,11-12H,10H2,1-2H3;2*1H. The quantitative estimate of drug-likeness (QED) is 0.607. The van der Waals surface area contributed by atoms with E-state index in [1.165, 1.54) is 0 Å². The molecule has 0 spiro atoms. The molecule has 5 heteroatoms. The first-order chi connectivity index (χ1) is 5.57. The molecule has 1 aliphatic rings. The lowest BCUT2D eigenvalue weighted by molar-refractivity contribution is 0.675. The van der Waals surface area contributed by atoms with Crippen molar-refractivity contribution in [2.45, 2.75) is 19.5 Å².